The van der Waals surface area contributed by atoms with E-state index in [1.807, 2.05) is 6.07 Å². The van der Waals surface area contributed by atoms with Crippen molar-refractivity contribution in [3.8, 4) is 6.07 Å². The number of nitriles is 1. The molecule has 1 aliphatic rings. The highest BCUT2D eigenvalue weighted by molar-refractivity contribution is 7.89. The molecule has 3 rings (SSSR count). The Morgan fingerprint density at radius 1 is 1.12 bits per heavy atom. The summed E-state index contributed by atoms with van der Waals surface area (Å²) in [4.78, 5) is 12.4. The lowest BCUT2D eigenvalue weighted by Crippen LogP contribution is -2.26. The zero-order valence-electron chi connectivity index (χ0n) is 12.7. The Bertz CT molecular complexity index is 911. The zero-order chi connectivity index (χ0) is 17.2. The summed E-state index contributed by atoms with van der Waals surface area (Å²) in [6.07, 6.45) is 1.69. The van der Waals surface area contributed by atoms with Crippen LogP contribution in [0.1, 0.15) is 28.8 Å². The predicted octanol–water partition coefficient (Wildman–Crippen LogP) is 2.25. The van der Waals surface area contributed by atoms with E-state index in [0.717, 1.165) is 12.8 Å². The second-order valence-electron chi connectivity index (χ2n) is 5.57. The Hall–Kier alpha value is -2.69. The molecule has 0 aliphatic heterocycles. The fourth-order valence-corrected chi connectivity index (χ4v) is 3.47. The summed E-state index contributed by atoms with van der Waals surface area (Å²) in [6, 6.07) is 14.3. The summed E-state index contributed by atoms with van der Waals surface area (Å²) in [5.41, 5.74) is 1.27. The van der Waals surface area contributed by atoms with Crippen LogP contribution in [0.2, 0.25) is 0 Å². The second kappa shape index (κ2) is 6.43. The van der Waals surface area contributed by atoms with Gasteiger partial charge < -0.3 is 5.32 Å². The first-order chi connectivity index (χ1) is 11.5. The molecule has 1 saturated carbocycles. The number of nitrogens with zero attached hydrogens (tertiary/aromatic N) is 1. The fraction of sp³-hybridized carbons (Fsp3) is 0.176. The van der Waals surface area contributed by atoms with Crippen LogP contribution in [-0.4, -0.2) is 20.4 Å². The van der Waals surface area contributed by atoms with Crippen molar-refractivity contribution >= 4 is 21.6 Å². The van der Waals surface area contributed by atoms with Crippen LogP contribution >= 0.6 is 0 Å². The molecule has 7 heteroatoms. The predicted molar refractivity (Wildman–Crippen MR) is 88.9 cm³/mol. The summed E-state index contributed by atoms with van der Waals surface area (Å²) < 4.78 is 27.0. The summed E-state index contributed by atoms with van der Waals surface area (Å²) >= 11 is 0. The largest absolute Gasteiger partial charge is 0.322 e. The van der Waals surface area contributed by atoms with E-state index in [1.165, 1.54) is 18.2 Å². The van der Waals surface area contributed by atoms with Crippen molar-refractivity contribution < 1.29 is 13.2 Å². The van der Waals surface area contributed by atoms with Gasteiger partial charge in [0, 0.05) is 17.3 Å². The molecule has 2 N–H and O–H groups in total. The number of nitrogens with one attached hydrogen (secondary N) is 2. The molecule has 6 nitrogen and oxygen atoms in total. The van der Waals surface area contributed by atoms with E-state index in [4.69, 9.17) is 5.26 Å². The first kappa shape index (κ1) is 16.2. The van der Waals surface area contributed by atoms with Gasteiger partial charge in [0.15, 0.2) is 0 Å². The molecule has 0 radical (unpaired) electrons. The normalized spacial score (nSPS) is 14.0. The quantitative estimate of drug-likeness (QED) is 0.871. The van der Waals surface area contributed by atoms with E-state index in [0.29, 0.717) is 11.3 Å². The smallest absolute Gasteiger partial charge is 0.255 e. The Balaban J connectivity index is 1.77. The van der Waals surface area contributed by atoms with E-state index < -0.39 is 15.9 Å². The van der Waals surface area contributed by atoms with Gasteiger partial charge in [0.05, 0.1) is 16.5 Å². The van der Waals surface area contributed by atoms with Crippen molar-refractivity contribution in [3.63, 3.8) is 0 Å². The van der Waals surface area contributed by atoms with Crippen molar-refractivity contribution in [2.45, 2.75) is 23.8 Å². The number of amides is 1. The molecule has 122 valence electrons. The lowest BCUT2D eigenvalue weighted by molar-refractivity contribution is 0.102. The summed E-state index contributed by atoms with van der Waals surface area (Å²) in [5.74, 6) is -0.414. The summed E-state index contributed by atoms with van der Waals surface area (Å²) in [5, 5.41) is 11.4. The van der Waals surface area contributed by atoms with Crippen molar-refractivity contribution in [3.05, 3.63) is 59.7 Å². The van der Waals surface area contributed by atoms with Crippen LogP contribution in [0.3, 0.4) is 0 Å². The van der Waals surface area contributed by atoms with Crippen molar-refractivity contribution in [1.29, 1.82) is 5.26 Å². The molecule has 1 amide bonds. The van der Waals surface area contributed by atoms with Gasteiger partial charge in [0.2, 0.25) is 10.0 Å². The topological polar surface area (TPSA) is 99.1 Å². The van der Waals surface area contributed by atoms with Crippen molar-refractivity contribution in [1.82, 2.24) is 4.72 Å². The van der Waals surface area contributed by atoms with E-state index in [2.05, 4.69) is 10.0 Å². The molecule has 0 bridgehead atoms. The van der Waals surface area contributed by atoms with E-state index in [-0.39, 0.29) is 16.5 Å². The lowest BCUT2D eigenvalue weighted by atomic mass is 10.2. The zero-order valence-corrected chi connectivity index (χ0v) is 13.5. The van der Waals surface area contributed by atoms with E-state index >= 15 is 0 Å². The second-order valence-corrected chi connectivity index (χ2v) is 7.28. The molecule has 24 heavy (non-hydrogen) atoms. The van der Waals surface area contributed by atoms with Crippen LogP contribution in [0.25, 0.3) is 0 Å². The number of hydrogen-bond acceptors (Lipinski definition) is 4. The number of carbonyl (C=O) groups excluding carboxylic acids is 1. The number of sulfonamides is 1. The molecule has 0 spiro atoms. The van der Waals surface area contributed by atoms with Gasteiger partial charge in [-0.1, -0.05) is 6.07 Å². The number of hydrogen-bond donors (Lipinski definition) is 2. The first-order valence-electron chi connectivity index (χ1n) is 7.42. The van der Waals surface area contributed by atoms with E-state index in [9.17, 15) is 13.2 Å². The maximum atomic E-state index is 12.3. The minimum Gasteiger partial charge on any atom is -0.322 e. The average Bonchev–Trinajstić information content (AvgIpc) is 3.39. The molecule has 1 fully saturated rings. The molecule has 0 aromatic heterocycles. The van der Waals surface area contributed by atoms with Gasteiger partial charge in [-0.05, 0) is 55.3 Å². The van der Waals surface area contributed by atoms with Gasteiger partial charge in [0.25, 0.3) is 5.91 Å². The Kier molecular flexibility index (Phi) is 4.34. The molecular weight excluding hydrogens is 326 g/mol. The number of carbonyl (C=O) groups is 1. The molecule has 0 unspecified atom stereocenters. The highest BCUT2D eigenvalue weighted by atomic mass is 32.2. The molecule has 0 atom stereocenters. The van der Waals surface area contributed by atoms with Gasteiger partial charge in [-0.25, -0.2) is 13.1 Å². The van der Waals surface area contributed by atoms with Crippen molar-refractivity contribution in [2.24, 2.45) is 0 Å². The molecular formula is C17H15N3O3S. The maximum Gasteiger partial charge on any atom is 0.255 e. The van der Waals surface area contributed by atoms with Crippen LogP contribution < -0.4 is 10.0 Å². The Morgan fingerprint density at radius 3 is 2.46 bits per heavy atom. The van der Waals surface area contributed by atoms with Gasteiger partial charge in [0.1, 0.15) is 0 Å². The Morgan fingerprint density at radius 2 is 1.83 bits per heavy atom. The minimum atomic E-state index is -3.60. The van der Waals surface area contributed by atoms with E-state index in [1.54, 1.807) is 30.3 Å². The highest BCUT2D eigenvalue weighted by Crippen LogP contribution is 2.22. The third kappa shape index (κ3) is 3.79. The molecule has 1 aliphatic carbocycles. The summed E-state index contributed by atoms with van der Waals surface area (Å²) in [6.45, 7) is 0. The fourth-order valence-electron chi connectivity index (χ4n) is 2.12. The van der Waals surface area contributed by atoms with Crippen LogP contribution in [-0.2, 0) is 10.0 Å². The van der Waals surface area contributed by atoms with Crippen LogP contribution in [0.4, 0.5) is 5.69 Å². The van der Waals surface area contributed by atoms with Crippen LogP contribution in [0.15, 0.2) is 53.4 Å². The van der Waals surface area contributed by atoms with Gasteiger partial charge in [-0.2, -0.15) is 5.26 Å². The van der Waals surface area contributed by atoms with Crippen molar-refractivity contribution in [2.75, 3.05) is 5.32 Å². The van der Waals surface area contributed by atoms with Gasteiger partial charge in [-0.15, -0.1) is 0 Å². The third-order valence-electron chi connectivity index (χ3n) is 3.58. The number of benzene rings is 2. The summed E-state index contributed by atoms with van der Waals surface area (Å²) in [7, 11) is -3.60. The maximum absolute atomic E-state index is 12.3. The average molecular weight is 341 g/mol. The molecule has 0 saturated heterocycles. The number of rotatable bonds is 5. The van der Waals surface area contributed by atoms with Crippen LogP contribution in [0.5, 0.6) is 0 Å². The molecule has 2 aromatic rings. The SMILES string of the molecule is N#Cc1ccc(NC(=O)c2cccc(S(=O)(=O)NC3CC3)c2)cc1. The first-order valence-corrected chi connectivity index (χ1v) is 8.90. The van der Waals surface area contributed by atoms with Gasteiger partial charge >= 0.3 is 0 Å². The standard InChI is InChI=1S/C17H15N3O3S/c18-11-12-4-6-14(7-5-12)19-17(21)13-2-1-3-16(10-13)24(22,23)20-15-8-9-15/h1-7,10,15,20H,8-9H2,(H,19,21). The molecule has 2 aromatic carbocycles. The lowest BCUT2D eigenvalue weighted by Gasteiger charge is -2.08. The minimum absolute atomic E-state index is 0.00568. The van der Waals surface area contributed by atoms with Crippen LogP contribution in [0, 0.1) is 11.3 Å². The Labute approximate surface area is 140 Å². The number of anilines is 1. The highest BCUT2D eigenvalue weighted by Gasteiger charge is 2.28. The third-order valence-corrected chi connectivity index (χ3v) is 5.10. The van der Waals surface area contributed by atoms with Gasteiger partial charge in [-0.3, -0.25) is 4.79 Å². The monoisotopic (exact) mass is 341 g/mol. The molecule has 0 heterocycles.